The van der Waals surface area contributed by atoms with E-state index >= 15 is 0 Å². The largest absolute Gasteiger partial charge is 0.0988 e. The fourth-order valence-corrected chi connectivity index (χ4v) is 1.87. The molecule has 0 nitrogen and oxygen atoms in total. The molecule has 0 saturated heterocycles. The second-order valence-corrected chi connectivity index (χ2v) is 4.09. The average molecular weight is 176 g/mol. The molecule has 0 aromatic carbocycles. The first kappa shape index (κ1) is 10.3. The normalized spacial score (nSPS) is 17.8. The van der Waals surface area contributed by atoms with Gasteiger partial charge < -0.3 is 0 Å². The van der Waals surface area contributed by atoms with E-state index < -0.39 is 0 Å². The van der Waals surface area contributed by atoms with Gasteiger partial charge in [-0.15, -0.1) is 0 Å². The van der Waals surface area contributed by atoms with Gasteiger partial charge in [-0.3, -0.25) is 0 Å². The van der Waals surface area contributed by atoms with Crippen molar-refractivity contribution in [3.63, 3.8) is 0 Å². The molecule has 0 unspecified atom stereocenters. The Kier molecular flexibility index (Phi) is 3.53. The predicted molar refractivity (Wildman–Crippen MR) is 59.7 cm³/mol. The Morgan fingerprint density at radius 2 is 1.92 bits per heavy atom. The van der Waals surface area contributed by atoms with Crippen LogP contribution in [0.1, 0.15) is 39.5 Å². The zero-order valence-corrected chi connectivity index (χ0v) is 8.90. The van der Waals surface area contributed by atoms with E-state index in [0.29, 0.717) is 5.92 Å². The van der Waals surface area contributed by atoms with Crippen molar-refractivity contribution in [2.24, 2.45) is 5.92 Å². The van der Waals surface area contributed by atoms with Gasteiger partial charge in [0.05, 0.1) is 0 Å². The highest BCUT2D eigenvalue weighted by molar-refractivity contribution is 5.40. The molecule has 0 atom stereocenters. The Balaban J connectivity index is 2.90. The van der Waals surface area contributed by atoms with E-state index in [1.165, 1.54) is 42.4 Å². The quantitative estimate of drug-likeness (QED) is 0.603. The molecule has 1 rings (SSSR count). The van der Waals surface area contributed by atoms with E-state index in [0.717, 1.165) is 0 Å². The van der Waals surface area contributed by atoms with Gasteiger partial charge >= 0.3 is 0 Å². The molecule has 0 bridgehead atoms. The molecule has 0 fully saturated rings. The topological polar surface area (TPSA) is 0 Å². The van der Waals surface area contributed by atoms with Gasteiger partial charge in [-0.05, 0) is 48.3 Å². The smallest absolute Gasteiger partial charge is 0.0222 e. The van der Waals surface area contributed by atoms with E-state index in [1.807, 2.05) is 6.08 Å². The van der Waals surface area contributed by atoms with Crippen LogP contribution in [-0.4, -0.2) is 0 Å². The zero-order valence-electron chi connectivity index (χ0n) is 8.90. The molecule has 0 amide bonds. The van der Waals surface area contributed by atoms with E-state index in [2.05, 4.69) is 27.0 Å². The number of allylic oxidation sites excluding steroid dienone is 4. The van der Waals surface area contributed by atoms with Gasteiger partial charge in [0.1, 0.15) is 0 Å². The van der Waals surface area contributed by atoms with Gasteiger partial charge in [-0.25, -0.2) is 0 Å². The molecule has 13 heavy (non-hydrogen) atoms. The van der Waals surface area contributed by atoms with Crippen LogP contribution in [0.3, 0.4) is 0 Å². The van der Waals surface area contributed by atoms with Crippen LogP contribution in [0.25, 0.3) is 0 Å². The highest BCUT2D eigenvalue weighted by Gasteiger charge is 2.14. The molecule has 0 N–H and O–H groups in total. The highest BCUT2D eigenvalue weighted by atomic mass is 14.2. The van der Waals surface area contributed by atoms with Crippen molar-refractivity contribution in [1.82, 2.24) is 0 Å². The third-order valence-corrected chi connectivity index (χ3v) is 2.84. The first-order valence-electron chi connectivity index (χ1n) is 5.20. The molecule has 1 aliphatic rings. The summed E-state index contributed by atoms with van der Waals surface area (Å²) in [5.74, 6) is 0.572. The monoisotopic (exact) mass is 176 g/mol. The minimum atomic E-state index is 0.572. The fraction of sp³-hybridized carbons (Fsp3) is 0.538. The van der Waals surface area contributed by atoms with Crippen molar-refractivity contribution in [2.75, 3.05) is 0 Å². The minimum Gasteiger partial charge on any atom is -0.0988 e. The summed E-state index contributed by atoms with van der Waals surface area (Å²) in [6.45, 7) is 12.5. The number of hydrogen-bond acceptors (Lipinski definition) is 0. The molecular formula is C13H20. The van der Waals surface area contributed by atoms with Gasteiger partial charge in [0.15, 0.2) is 0 Å². The molecule has 0 aromatic rings. The van der Waals surface area contributed by atoms with Crippen LogP contribution >= 0.6 is 0 Å². The second kappa shape index (κ2) is 4.45. The van der Waals surface area contributed by atoms with Crippen LogP contribution in [0.4, 0.5) is 0 Å². The molecule has 0 heterocycles. The van der Waals surface area contributed by atoms with E-state index in [-0.39, 0.29) is 0 Å². The lowest BCUT2D eigenvalue weighted by atomic mass is 9.84. The zero-order chi connectivity index (χ0) is 9.84. The number of rotatable bonds is 3. The van der Waals surface area contributed by atoms with Crippen molar-refractivity contribution in [3.8, 4) is 0 Å². The third-order valence-electron chi connectivity index (χ3n) is 2.84. The minimum absolute atomic E-state index is 0.572. The van der Waals surface area contributed by atoms with Crippen LogP contribution in [0.5, 0.6) is 0 Å². The second-order valence-electron chi connectivity index (χ2n) is 4.09. The molecule has 72 valence electrons. The molecule has 0 saturated carbocycles. The first-order chi connectivity index (χ1) is 6.16. The molecule has 0 spiro atoms. The van der Waals surface area contributed by atoms with Gasteiger partial charge in [-0.1, -0.05) is 33.1 Å². The fourth-order valence-electron chi connectivity index (χ4n) is 1.87. The summed E-state index contributed by atoms with van der Waals surface area (Å²) >= 11 is 0. The van der Waals surface area contributed by atoms with Gasteiger partial charge in [0, 0.05) is 0 Å². The summed E-state index contributed by atoms with van der Waals surface area (Å²) in [7, 11) is 0. The van der Waals surface area contributed by atoms with Gasteiger partial charge in [0.25, 0.3) is 0 Å². The highest BCUT2D eigenvalue weighted by Crippen LogP contribution is 2.32. The summed E-state index contributed by atoms with van der Waals surface area (Å²) < 4.78 is 0. The van der Waals surface area contributed by atoms with Crippen LogP contribution in [-0.2, 0) is 0 Å². The Hall–Kier alpha value is -0.780. The van der Waals surface area contributed by atoms with Crippen LogP contribution in [0.15, 0.2) is 36.0 Å². The van der Waals surface area contributed by atoms with Crippen molar-refractivity contribution in [2.45, 2.75) is 39.5 Å². The van der Waals surface area contributed by atoms with Crippen molar-refractivity contribution in [3.05, 3.63) is 36.0 Å². The van der Waals surface area contributed by atoms with Crippen LogP contribution < -0.4 is 0 Å². The van der Waals surface area contributed by atoms with Crippen molar-refractivity contribution < 1.29 is 0 Å². The lowest BCUT2D eigenvalue weighted by molar-refractivity contribution is 0.662. The van der Waals surface area contributed by atoms with E-state index in [9.17, 15) is 0 Å². The Bertz CT molecular complexity index is 241. The van der Waals surface area contributed by atoms with Gasteiger partial charge in [0.2, 0.25) is 0 Å². The first-order valence-corrected chi connectivity index (χ1v) is 5.20. The van der Waals surface area contributed by atoms with Crippen LogP contribution in [0.2, 0.25) is 0 Å². The maximum atomic E-state index is 4.17. The maximum absolute atomic E-state index is 4.17. The average Bonchev–Trinajstić information content (AvgIpc) is 2.16. The molecule has 1 aliphatic carbocycles. The van der Waals surface area contributed by atoms with E-state index in [1.54, 1.807) is 0 Å². The lowest BCUT2D eigenvalue weighted by Crippen LogP contribution is -2.04. The summed E-state index contributed by atoms with van der Waals surface area (Å²) in [5, 5.41) is 0. The predicted octanol–water partition coefficient (Wildman–Crippen LogP) is 4.26. The third kappa shape index (κ3) is 2.33. The summed E-state index contributed by atoms with van der Waals surface area (Å²) in [6, 6.07) is 0. The Labute approximate surface area is 82.0 Å². The van der Waals surface area contributed by atoms with Gasteiger partial charge in [-0.2, -0.15) is 0 Å². The summed E-state index contributed by atoms with van der Waals surface area (Å²) in [6.07, 6.45) is 7.06. The summed E-state index contributed by atoms with van der Waals surface area (Å²) in [5.41, 5.74) is 4.23. The molecule has 0 aromatic heterocycles. The Morgan fingerprint density at radius 1 is 1.31 bits per heavy atom. The standard InChI is InChI=1S/C13H20/c1-5-12-8-6-7-9-13(12)11(4)10(2)3/h5,10H,1,4,6-9H2,2-3H3. The Morgan fingerprint density at radius 3 is 2.46 bits per heavy atom. The lowest BCUT2D eigenvalue weighted by Gasteiger charge is -2.22. The maximum Gasteiger partial charge on any atom is -0.0222 e. The summed E-state index contributed by atoms with van der Waals surface area (Å²) in [4.78, 5) is 0. The van der Waals surface area contributed by atoms with Crippen molar-refractivity contribution >= 4 is 0 Å². The van der Waals surface area contributed by atoms with Crippen molar-refractivity contribution in [1.29, 1.82) is 0 Å². The van der Waals surface area contributed by atoms with E-state index in [4.69, 9.17) is 0 Å². The molecule has 0 aliphatic heterocycles. The molecule has 0 radical (unpaired) electrons. The molecular weight excluding hydrogens is 156 g/mol. The molecule has 0 heteroatoms. The van der Waals surface area contributed by atoms with Crippen LogP contribution in [0, 0.1) is 5.92 Å². The number of hydrogen-bond donors (Lipinski definition) is 0. The SMILES string of the molecule is C=CC1=C(C(=C)C(C)C)CCCC1.